The Morgan fingerprint density at radius 2 is 2.26 bits per heavy atom. The van der Waals surface area contributed by atoms with Gasteiger partial charge in [0.2, 0.25) is 0 Å². The van der Waals surface area contributed by atoms with Crippen LogP contribution >= 0.6 is 0 Å². The van der Waals surface area contributed by atoms with E-state index in [1.165, 1.54) is 12.3 Å². The molecule has 106 valence electrons. The highest BCUT2D eigenvalue weighted by Crippen LogP contribution is 2.19. The fourth-order valence-electron chi connectivity index (χ4n) is 1.39. The van der Waals surface area contributed by atoms with E-state index in [1.54, 1.807) is 0 Å². The van der Waals surface area contributed by atoms with Crippen molar-refractivity contribution in [2.45, 2.75) is 0 Å². The lowest BCUT2D eigenvalue weighted by molar-refractivity contribution is 0.0698. The lowest BCUT2D eigenvalue weighted by Crippen LogP contribution is -2.20. The average Bonchev–Trinajstić information content (AvgIpc) is 2.34. The van der Waals surface area contributed by atoms with Crippen LogP contribution in [0.2, 0.25) is 0 Å². The van der Waals surface area contributed by atoms with Crippen LogP contribution in [-0.4, -0.2) is 61.4 Å². The number of ether oxygens (including phenoxy) is 1. The number of carbonyl (C=O) groups is 1. The molecule has 0 aliphatic heterocycles. The largest absolute Gasteiger partial charge is 0.478 e. The van der Waals surface area contributed by atoms with Crippen LogP contribution in [0, 0.1) is 0 Å². The third-order valence-corrected chi connectivity index (χ3v) is 2.44. The molecule has 0 unspecified atom stereocenters. The molecule has 0 bridgehead atoms. The van der Waals surface area contributed by atoms with Crippen LogP contribution in [-0.2, 0) is 4.74 Å². The average molecular weight is 268 g/mol. The first-order valence-electron chi connectivity index (χ1n) is 5.96. The predicted octanol–water partition coefficient (Wildman–Crippen LogP) is 0.352. The number of pyridine rings is 1. The predicted molar refractivity (Wildman–Crippen MR) is 73.5 cm³/mol. The van der Waals surface area contributed by atoms with Gasteiger partial charge in [0.25, 0.3) is 0 Å². The molecule has 1 heterocycles. The van der Waals surface area contributed by atoms with Gasteiger partial charge in [0, 0.05) is 19.3 Å². The van der Waals surface area contributed by atoms with E-state index in [0.29, 0.717) is 25.6 Å². The van der Waals surface area contributed by atoms with Gasteiger partial charge in [0.1, 0.15) is 5.82 Å². The fraction of sp³-hybridized carbons (Fsp3) is 0.500. The van der Waals surface area contributed by atoms with Crippen molar-refractivity contribution < 1.29 is 14.6 Å². The number of aromatic carboxylic acids is 1. The molecular formula is C12H20N4O3. The molecule has 19 heavy (non-hydrogen) atoms. The van der Waals surface area contributed by atoms with Crippen molar-refractivity contribution in [3.8, 4) is 0 Å². The van der Waals surface area contributed by atoms with Crippen LogP contribution < -0.4 is 11.1 Å². The number of aromatic nitrogens is 1. The zero-order chi connectivity index (χ0) is 14.3. The van der Waals surface area contributed by atoms with Crippen molar-refractivity contribution in [1.82, 2.24) is 9.88 Å². The molecule has 1 aromatic rings. The third kappa shape index (κ3) is 5.11. The van der Waals surface area contributed by atoms with E-state index in [4.69, 9.17) is 15.6 Å². The maximum Gasteiger partial charge on any atom is 0.337 e. The SMILES string of the molecule is CN(C)CCOCCNc1nccc(C(=O)O)c1N. The molecule has 0 aromatic carbocycles. The number of nitrogens with one attached hydrogen (secondary N) is 1. The van der Waals surface area contributed by atoms with E-state index in [-0.39, 0.29) is 11.3 Å². The minimum Gasteiger partial charge on any atom is -0.478 e. The summed E-state index contributed by atoms with van der Waals surface area (Å²) in [5.74, 6) is -0.693. The van der Waals surface area contributed by atoms with Gasteiger partial charge in [-0.3, -0.25) is 0 Å². The minimum absolute atomic E-state index is 0.0472. The van der Waals surface area contributed by atoms with Crippen LogP contribution in [0.4, 0.5) is 11.5 Å². The Morgan fingerprint density at radius 3 is 2.89 bits per heavy atom. The summed E-state index contributed by atoms with van der Waals surface area (Å²) in [5.41, 5.74) is 5.90. The van der Waals surface area contributed by atoms with Gasteiger partial charge in [-0.15, -0.1) is 0 Å². The number of rotatable bonds is 8. The molecule has 0 saturated carbocycles. The Bertz CT molecular complexity index is 423. The Kier molecular flexibility index (Phi) is 6.04. The lowest BCUT2D eigenvalue weighted by Gasteiger charge is -2.12. The maximum atomic E-state index is 10.9. The summed E-state index contributed by atoms with van der Waals surface area (Å²) in [6.45, 7) is 2.53. The van der Waals surface area contributed by atoms with Gasteiger partial charge in [-0.2, -0.15) is 0 Å². The summed E-state index contributed by atoms with van der Waals surface area (Å²) in [6, 6.07) is 1.37. The zero-order valence-electron chi connectivity index (χ0n) is 11.2. The monoisotopic (exact) mass is 268 g/mol. The van der Waals surface area contributed by atoms with Crippen molar-refractivity contribution in [2.24, 2.45) is 0 Å². The standard InChI is InChI=1S/C12H20N4O3/c1-16(2)6-8-19-7-5-15-11-10(13)9(12(17)18)3-4-14-11/h3-4H,5-8,13H2,1-2H3,(H,14,15)(H,17,18). The van der Waals surface area contributed by atoms with Gasteiger partial charge in [-0.05, 0) is 20.2 Å². The van der Waals surface area contributed by atoms with E-state index in [2.05, 4.69) is 10.3 Å². The molecule has 0 saturated heterocycles. The lowest BCUT2D eigenvalue weighted by atomic mass is 10.2. The van der Waals surface area contributed by atoms with Crippen molar-refractivity contribution >= 4 is 17.5 Å². The normalized spacial score (nSPS) is 10.7. The van der Waals surface area contributed by atoms with E-state index < -0.39 is 5.97 Å². The summed E-state index contributed by atoms with van der Waals surface area (Å²) in [5, 5.41) is 11.9. The highest BCUT2D eigenvalue weighted by molar-refractivity contribution is 5.96. The second-order valence-corrected chi connectivity index (χ2v) is 4.27. The maximum absolute atomic E-state index is 10.9. The topological polar surface area (TPSA) is 101 Å². The smallest absolute Gasteiger partial charge is 0.337 e. The minimum atomic E-state index is -1.06. The van der Waals surface area contributed by atoms with Gasteiger partial charge in [-0.25, -0.2) is 9.78 Å². The van der Waals surface area contributed by atoms with Crippen LogP contribution in [0.15, 0.2) is 12.3 Å². The molecule has 7 heteroatoms. The number of carboxylic acids is 1. The summed E-state index contributed by atoms with van der Waals surface area (Å²) < 4.78 is 5.39. The van der Waals surface area contributed by atoms with Crippen molar-refractivity contribution in [2.75, 3.05) is 51.4 Å². The molecule has 1 rings (SSSR count). The number of nitrogens with two attached hydrogens (primary N) is 1. The molecule has 0 aliphatic carbocycles. The summed E-state index contributed by atoms with van der Waals surface area (Å²) in [6.07, 6.45) is 1.41. The molecule has 4 N–H and O–H groups in total. The van der Waals surface area contributed by atoms with Crippen LogP contribution in [0.1, 0.15) is 10.4 Å². The van der Waals surface area contributed by atoms with E-state index in [1.807, 2.05) is 19.0 Å². The van der Waals surface area contributed by atoms with Gasteiger partial charge < -0.3 is 25.8 Å². The molecule has 0 spiro atoms. The molecule has 0 atom stereocenters. The molecule has 7 nitrogen and oxygen atoms in total. The molecule has 1 aromatic heterocycles. The molecule has 0 fully saturated rings. The number of hydrogen-bond acceptors (Lipinski definition) is 6. The second-order valence-electron chi connectivity index (χ2n) is 4.27. The van der Waals surface area contributed by atoms with Crippen LogP contribution in [0.5, 0.6) is 0 Å². The Hall–Kier alpha value is -1.86. The van der Waals surface area contributed by atoms with Crippen LogP contribution in [0.25, 0.3) is 0 Å². The zero-order valence-corrected chi connectivity index (χ0v) is 11.2. The number of nitrogen functional groups attached to an aromatic ring is 1. The Morgan fingerprint density at radius 1 is 1.53 bits per heavy atom. The van der Waals surface area contributed by atoms with E-state index in [9.17, 15) is 4.79 Å². The molecule has 0 amide bonds. The summed E-state index contributed by atoms with van der Waals surface area (Å²) in [7, 11) is 3.95. The highest BCUT2D eigenvalue weighted by atomic mass is 16.5. The fourth-order valence-corrected chi connectivity index (χ4v) is 1.39. The first-order valence-corrected chi connectivity index (χ1v) is 5.96. The first-order chi connectivity index (χ1) is 9.02. The number of hydrogen-bond donors (Lipinski definition) is 3. The van der Waals surface area contributed by atoms with Gasteiger partial charge in [0.15, 0.2) is 0 Å². The third-order valence-electron chi connectivity index (χ3n) is 2.44. The Balaban J connectivity index is 2.37. The summed E-state index contributed by atoms with van der Waals surface area (Å²) in [4.78, 5) is 16.9. The molecular weight excluding hydrogens is 248 g/mol. The first kappa shape index (κ1) is 15.2. The quantitative estimate of drug-likeness (QED) is 0.585. The van der Waals surface area contributed by atoms with Crippen molar-refractivity contribution in [3.63, 3.8) is 0 Å². The van der Waals surface area contributed by atoms with Crippen LogP contribution in [0.3, 0.4) is 0 Å². The highest BCUT2D eigenvalue weighted by Gasteiger charge is 2.11. The van der Waals surface area contributed by atoms with Gasteiger partial charge >= 0.3 is 5.97 Å². The number of nitrogens with zero attached hydrogens (tertiary/aromatic N) is 2. The van der Waals surface area contributed by atoms with Gasteiger partial charge in [0.05, 0.1) is 24.5 Å². The van der Waals surface area contributed by atoms with E-state index >= 15 is 0 Å². The number of anilines is 2. The summed E-state index contributed by atoms with van der Waals surface area (Å²) >= 11 is 0. The Labute approximate surface area is 112 Å². The van der Waals surface area contributed by atoms with Crippen molar-refractivity contribution in [1.29, 1.82) is 0 Å². The van der Waals surface area contributed by atoms with E-state index in [0.717, 1.165) is 6.54 Å². The van der Waals surface area contributed by atoms with Gasteiger partial charge in [-0.1, -0.05) is 0 Å². The van der Waals surface area contributed by atoms with Crippen molar-refractivity contribution in [3.05, 3.63) is 17.8 Å². The number of carboxylic acid groups (broad SMARTS) is 1. The second kappa shape index (κ2) is 7.55. The number of likely N-dealkylation sites (N-methyl/N-ethyl adjacent to an activating group) is 1. The molecule has 0 aliphatic rings. The molecule has 0 radical (unpaired) electrons.